The molecule has 0 radical (unpaired) electrons. The van der Waals surface area contributed by atoms with E-state index in [9.17, 15) is 8.78 Å². The molecule has 18 heavy (non-hydrogen) atoms. The second-order valence-electron chi connectivity index (χ2n) is 3.83. The molecule has 0 amide bonds. The maximum absolute atomic E-state index is 13.9. The summed E-state index contributed by atoms with van der Waals surface area (Å²) in [7, 11) is 4.14. The number of halogens is 2. The van der Waals surface area contributed by atoms with Gasteiger partial charge < -0.3 is 19.9 Å². The molecule has 1 atom stereocenters. The van der Waals surface area contributed by atoms with Crippen molar-refractivity contribution < 1.29 is 23.0 Å². The van der Waals surface area contributed by atoms with E-state index in [0.717, 1.165) is 0 Å². The lowest BCUT2D eigenvalue weighted by Crippen LogP contribution is -2.35. The molecule has 0 aliphatic rings. The third-order valence-corrected chi connectivity index (χ3v) is 2.62. The number of methoxy groups -OCH3 is 3. The first kappa shape index (κ1) is 14.5. The van der Waals surface area contributed by atoms with E-state index >= 15 is 0 Å². The minimum Gasteiger partial charge on any atom is -0.493 e. The topological polar surface area (TPSA) is 53.7 Å². The fraction of sp³-hybridized carbons (Fsp3) is 0.500. The Morgan fingerprint density at radius 2 is 1.50 bits per heavy atom. The molecule has 1 aromatic rings. The van der Waals surface area contributed by atoms with Crippen LogP contribution in [0.2, 0.25) is 0 Å². The van der Waals surface area contributed by atoms with Crippen LogP contribution in [-0.2, 0) is 5.92 Å². The van der Waals surface area contributed by atoms with Crippen molar-refractivity contribution in [2.24, 2.45) is 5.73 Å². The number of hydrogen-bond acceptors (Lipinski definition) is 4. The van der Waals surface area contributed by atoms with Crippen molar-refractivity contribution in [3.63, 3.8) is 0 Å². The van der Waals surface area contributed by atoms with Crippen LogP contribution in [0.4, 0.5) is 8.78 Å². The average molecular weight is 261 g/mol. The number of rotatable bonds is 5. The number of benzene rings is 1. The van der Waals surface area contributed by atoms with Gasteiger partial charge in [-0.25, -0.2) is 0 Å². The Balaban J connectivity index is 3.40. The molecule has 6 heteroatoms. The van der Waals surface area contributed by atoms with Crippen LogP contribution in [0.5, 0.6) is 17.2 Å². The van der Waals surface area contributed by atoms with Crippen molar-refractivity contribution in [1.82, 2.24) is 0 Å². The van der Waals surface area contributed by atoms with Crippen molar-refractivity contribution in [1.29, 1.82) is 0 Å². The van der Waals surface area contributed by atoms with E-state index in [1.165, 1.54) is 40.4 Å². The Labute approximate surface area is 105 Å². The summed E-state index contributed by atoms with van der Waals surface area (Å²) >= 11 is 0. The van der Waals surface area contributed by atoms with Crippen LogP contribution in [0.25, 0.3) is 0 Å². The Morgan fingerprint density at radius 1 is 1.06 bits per heavy atom. The molecule has 0 saturated carbocycles. The van der Waals surface area contributed by atoms with Gasteiger partial charge in [-0.1, -0.05) is 0 Å². The SMILES string of the molecule is COc1cc(C(F)(F)C(C)N)cc(OC)c1OC. The van der Waals surface area contributed by atoms with E-state index in [1.807, 2.05) is 0 Å². The maximum atomic E-state index is 13.9. The van der Waals surface area contributed by atoms with Gasteiger partial charge in [0.25, 0.3) is 5.92 Å². The molecular formula is C12H17F2NO3. The molecule has 102 valence electrons. The van der Waals surface area contributed by atoms with Crippen molar-refractivity contribution in [3.8, 4) is 17.2 Å². The summed E-state index contributed by atoms with van der Waals surface area (Å²) in [6.07, 6.45) is 0. The average Bonchev–Trinajstić information content (AvgIpc) is 2.36. The fourth-order valence-electron chi connectivity index (χ4n) is 1.54. The molecule has 1 rings (SSSR count). The lowest BCUT2D eigenvalue weighted by Gasteiger charge is -2.22. The molecule has 1 aromatic carbocycles. The van der Waals surface area contributed by atoms with Crippen LogP contribution in [0.3, 0.4) is 0 Å². The molecular weight excluding hydrogens is 244 g/mol. The third kappa shape index (κ3) is 2.48. The molecule has 0 aliphatic carbocycles. The highest BCUT2D eigenvalue weighted by Crippen LogP contribution is 2.43. The van der Waals surface area contributed by atoms with Gasteiger partial charge in [0.15, 0.2) is 11.5 Å². The summed E-state index contributed by atoms with van der Waals surface area (Å²) in [5, 5.41) is 0. The smallest absolute Gasteiger partial charge is 0.287 e. The summed E-state index contributed by atoms with van der Waals surface area (Å²) in [5.74, 6) is -2.56. The fourth-order valence-corrected chi connectivity index (χ4v) is 1.54. The van der Waals surface area contributed by atoms with Gasteiger partial charge in [-0.05, 0) is 19.1 Å². The zero-order valence-corrected chi connectivity index (χ0v) is 10.8. The van der Waals surface area contributed by atoms with E-state index in [2.05, 4.69) is 0 Å². The van der Waals surface area contributed by atoms with Gasteiger partial charge in [-0.3, -0.25) is 0 Å². The highest BCUT2D eigenvalue weighted by atomic mass is 19.3. The first-order valence-corrected chi connectivity index (χ1v) is 5.32. The summed E-state index contributed by atoms with van der Waals surface area (Å²) < 4.78 is 42.8. The van der Waals surface area contributed by atoms with Crippen molar-refractivity contribution >= 4 is 0 Å². The van der Waals surface area contributed by atoms with Crippen LogP contribution in [0.15, 0.2) is 12.1 Å². The predicted octanol–water partition coefficient (Wildman–Crippen LogP) is 2.15. The number of nitrogens with two attached hydrogens (primary N) is 1. The van der Waals surface area contributed by atoms with Gasteiger partial charge in [0.05, 0.1) is 27.4 Å². The van der Waals surface area contributed by atoms with Crippen molar-refractivity contribution in [3.05, 3.63) is 17.7 Å². The zero-order chi connectivity index (χ0) is 13.9. The van der Waals surface area contributed by atoms with Gasteiger partial charge in [0, 0.05) is 5.56 Å². The first-order chi connectivity index (χ1) is 8.38. The Hall–Kier alpha value is -1.56. The molecule has 0 aromatic heterocycles. The summed E-state index contributed by atoms with van der Waals surface area (Å²) in [5.41, 5.74) is 5.02. The molecule has 0 saturated heterocycles. The van der Waals surface area contributed by atoms with E-state index in [0.29, 0.717) is 0 Å². The quantitative estimate of drug-likeness (QED) is 0.882. The van der Waals surface area contributed by atoms with E-state index < -0.39 is 12.0 Å². The third-order valence-electron chi connectivity index (χ3n) is 2.62. The van der Waals surface area contributed by atoms with Crippen molar-refractivity contribution in [2.45, 2.75) is 18.9 Å². The predicted molar refractivity (Wildman–Crippen MR) is 63.6 cm³/mol. The second kappa shape index (κ2) is 5.39. The van der Waals surface area contributed by atoms with Crippen LogP contribution < -0.4 is 19.9 Å². The minimum atomic E-state index is -3.17. The highest BCUT2D eigenvalue weighted by molar-refractivity contribution is 5.54. The number of hydrogen-bond donors (Lipinski definition) is 1. The lowest BCUT2D eigenvalue weighted by molar-refractivity contribution is -0.0260. The van der Waals surface area contributed by atoms with Gasteiger partial charge >= 0.3 is 0 Å². The van der Waals surface area contributed by atoms with Crippen LogP contribution in [-0.4, -0.2) is 27.4 Å². The Morgan fingerprint density at radius 3 is 1.78 bits per heavy atom. The molecule has 0 bridgehead atoms. The summed E-state index contributed by atoms with van der Waals surface area (Å²) in [6, 6.07) is 1.08. The standard InChI is InChI=1S/C12H17F2NO3/c1-7(15)12(13,14)8-5-9(16-2)11(18-4)10(6-8)17-3/h5-7H,15H2,1-4H3. The second-order valence-corrected chi connectivity index (χ2v) is 3.83. The van der Waals surface area contributed by atoms with E-state index in [-0.39, 0.29) is 22.8 Å². The Kier molecular flexibility index (Phi) is 4.34. The minimum absolute atomic E-state index is 0.173. The highest BCUT2D eigenvalue weighted by Gasteiger charge is 2.37. The molecule has 1 unspecified atom stereocenters. The van der Waals surface area contributed by atoms with Crippen molar-refractivity contribution in [2.75, 3.05) is 21.3 Å². The zero-order valence-electron chi connectivity index (χ0n) is 10.8. The van der Waals surface area contributed by atoms with Gasteiger partial charge in [0.2, 0.25) is 5.75 Å². The van der Waals surface area contributed by atoms with E-state index in [4.69, 9.17) is 19.9 Å². The molecule has 0 aliphatic heterocycles. The van der Waals surface area contributed by atoms with Gasteiger partial charge in [0.1, 0.15) is 0 Å². The maximum Gasteiger partial charge on any atom is 0.287 e. The largest absolute Gasteiger partial charge is 0.493 e. The van der Waals surface area contributed by atoms with E-state index in [1.54, 1.807) is 0 Å². The lowest BCUT2D eigenvalue weighted by atomic mass is 10.0. The monoisotopic (exact) mass is 261 g/mol. The number of alkyl halides is 2. The van der Waals surface area contributed by atoms with Gasteiger partial charge in [-0.2, -0.15) is 8.78 Å². The number of ether oxygens (including phenoxy) is 3. The van der Waals surface area contributed by atoms with Gasteiger partial charge in [-0.15, -0.1) is 0 Å². The molecule has 2 N–H and O–H groups in total. The molecule has 0 spiro atoms. The summed E-state index contributed by atoms with van der Waals surface area (Å²) in [6.45, 7) is 1.24. The molecule has 0 heterocycles. The normalized spacial score (nSPS) is 13.1. The van der Waals surface area contributed by atoms with Crippen LogP contribution in [0, 0.1) is 0 Å². The van der Waals surface area contributed by atoms with Crippen LogP contribution in [0.1, 0.15) is 12.5 Å². The first-order valence-electron chi connectivity index (χ1n) is 5.32. The molecule has 0 fully saturated rings. The summed E-state index contributed by atoms with van der Waals surface area (Å²) in [4.78, 5) is 0. The molecule has 4 nitrogen and oxygen atoms in total. The van der Waals surface area contributed by atoms with Crippen LogP contribution >= 0.6 is 0 Å². The Bertz CT molecular complexity index is 397.